The Hall–Kier alpha value is -2.80. The van der Waals surface area contributed by atoms with Gasteiger partial charge >= 0.3 is 6.03 Å². The molecule has 3 rings (SSSR count). The SMILES string of the molecule is CSc1ccc(/C=C/C(=O)N2CCCC(CNC(=O)Nc3cccc(F)c3)C2)cc1. The monoisotopic (exact) mass is 427 g/mol. The zero-order valence-corrected chi connectivity index (χ0v) is 17.8. The quantitative estimate of drug-likeness (QED) is 0.522. The normalized spacial score (nSPS) is 16.5. The second-order valence-electron chi connectivity index (χ2n) is 7.24. The number of hydrogen-bond acceptors (Lipinski definition) is 3. The van der Waals surface area contributed by atoms with Gasteiger partial charge < -0.3 is 15.5 Å². The third-order valence-electron chi connectivity index (χ3n) is 5.00. The average molecular weight is 428 g/mol. The molecule has 0 aliphatic carbocycles. The number of urea groups is 1. The van der Waals surface area contributed by atoms with Crippen LogP contribution >= 0.6 is 11.8 Å². The van der Waals surface area contributed by atoms with Gasteiger partial charge in [-0.05, 0) is 67.0 Å². The first-order valence-electron chi connectivity index (χ1n) is 9.95. The van der Waals surface area contributed by atoms with Crippen molar-refractivity contribution < 1.29 is 14.0 Å². The second-order valence-corrected chi connectivity index (χ2v) is 8.12. The van der Waals surface area contributed by atoms with Gasteiger partial charge in [-0.25, -0.2) is 9.18 Å². The Morgan fingerprint density at radius 1 is 1.23 bits per heavy atom. The molecule has 1 unspecified atom stereocenters. The number of halogens is 1. The van der Waals surface area contributed by atoms with Gasteiger partial charge in [0, 0.05) is 36.3 Å². The van der Waals surface area contributed by atoms with Gasteiger partial charge in [0.2, 0.25) is 5.91 Å². The molecule has 1 atom stereocenters. The summed E-state index contributed by atoms with van der Waals surface area (Å²) in [6.45, 7) is 1.79. The van der Waals surface area contributed by atoms with E-state index in [1.165, 1.54) is 17.0 Å². The van der Waals surface area contributed by atoms with E-state index in [2.05, 4.69) is 10.6 Å². The van der Waals surface area contributed by atoms with E-state index in [0.717, 1.165) is 24.9 Å². The van der Waals surface area contributed by atoms with Crippen molar-refractivity contribution in [3.63, 3.8) is 0 Å². The smallest absolute Gasteiger partial charge is 0.319 e. The summed E-state index contributed by atoms with van der Waals surface area (Å²) >= 11 is 1.68. The van der Waals surface area contributed by atoms with Crippen molar-refractivity contribution in [2.45, 2.75) is 17.7 Å². The fourth-order valence-electron chi connectivity index (χ4n) is 3.40. The van der Waals surface area contributed by atoms with Crippen LogP contribution in [0.1, 0.15) is 18.4 Å². The van der Waals surface area contributed by atoms with Crippen molar-refractivity contribution in [3.8, 4) is 0 Å². The van der Waals surface area contributed by atoms with E-state index < -0.39 is 5.82 Å². The molecule has 5 nitrogen and oxygen atoms in total. The molecule has 0 bridgehead atoms. The van der Waals surface area contributed by atoms with Crippen LogP contribution in [-0.4, -0.2) is 42.7 Å². The fourth-order valence-corrected chi connectivity index (χ4v) is 3.81. The molecule has 2 aromatic carbocycles. The van der Waals surface area contributed by atoms with Crippen LogP contribution in [0.15, 0.2) is 59.5 Å². The average Bonchev–Trinajstić information content (AvgIpc) is 2.76. The number of carbonyl (C=O) groups is 2. The molecule has 30 heavy (non-hydrogen) atoms. The van der Waals surface area contributed by atoms with Gasteiger partial charge in [0.1, 0.15) is 5.82 Å². The van der Waals surface area contributed by atoms with Crippen molar-refractivity contribution in [2.75, 3.05) is 31.2 Å². The molecular weight excluding hydrogens is 401 g/mol. The minimum Gasteiger partial charge on any atom is -0.339 e. The van der Waals surface area contributed by atoms with E-state index in [4.69, 9.17) is 0 Å². The molecule has 0 saturated carbocycles. The first-order valence-corrected chi connectivity index (χ1v) is 11.2. The lowest BCUT2D eigenvalue weighted by atomic mass is 9.98. The van der Waals surface area contributed by atoms with Gasteiger partial charge in [-0.1, -0.05) is 18.2 Å². The predicted octanol–water partition coefficient (Wildman–Crippen LogP) is 4.62. The Labute approximate surface area is 180 Å². The number of likely N-dealkylation sites (tertiary alicyclic amines) is 1. The zero-order chi connectivity index (χ0) is 21.3. The van der Waals surface area contributed by atoms with E-state index >= 15 is 0 Å². The highest BCUT2D eigenvalue weighted by molar-refractivity contribution is 7.98. The molecule has 0 radical (unpaired) electrons. The summed E-state index contributed by atoms with van der Waals surface area (Å²) in [4.78, 5) is 27.6. The van der Waals surface area contributed by atoms with Crippen LogP contribution in [0.4, 0.5) is 14.9 Å². The van der Waals surface area contributed by atoms with Crippen LogP contribution in [-0.2, 0) is 4.79 Å². The van der Waals surface area contributed by atoms with E-state index in [0.29, 0.717) is 18.8 Å². The Balaban J connectivity index is 1.46. The van der Waals surface area contributed by atoms with Crippen LogP contribution in [0.3, 0.4) is 0 Å². The summed E-state index contributed by atoms with van der Waals surface area (Å²) in [7, 11) is 0. The van der Waals surface area contributed by atoms with Gasteiger partial charge in [-0.3, -0.25) is 4.79 Å². The summed E-state index contributed by atoms with van der Waals surface area (Å²) in [6.07, 6.45) is 7.33. The Morgan fingerprint density at radius 2 is 2.03 bits per heavy atom. The predicted molar refractivity (Wildman–Crippen MR) is 120 cm³/mol. The largest absolute Gasteiger partial charge is 0.339 e. The molecule has 1 heterocycles. The third-order valence-corrected chi connectivity index (χ3v) is 5.74. The van der Waals surface area contributed by atoms with Crippen molar-refractivity contribution in [3.05, 3.63) is 66.0 Å². The van der Waals surface area contributed by atoms with Gasteiger partial charge in [-0.2, -0.15) is 0 Å². The van der Waals surface area contributed by atoms with E-state index in [1.54, 1.807) is 30.0 Å². The topological polar surface area (TPSA) is 61.4 Å². The Morgan fingerprint density at radius 3 is 2.77 bits per heavy atom. The second kappa shape index (κ2) is 10.8. The molecule has 2 aromatic rings. The minimum absolute atomic E-state index is 0.0159. The number of amides is 3. The molecule has 3 amide bonds. The van der Waals surface area contributed by atoms with E-state index in [-0.39, 0.29) is 17.9 Å². The summed E-state index contributed by atoms with van der Waals surface area (Å²) < 4.78 is 13.2. The van der Waals surface area contributed by atoms with Gasteiger partial charge in [0.05, 0.1) is 0 Å². The van der Waals surface area contributed by atoms with Gasteiger partial charge in [0.15, 0.2) is 0 Å². The summed E-state index contributed by atoms with van der Waals surface area (Å²) in [5.74, 6) is -0.226. The standard InChI is InChI=1S/C23H26FN3O2S/c1-30-21-10-7-17(8-11-21)9-12-22(28)27-13-3-4-18(16-27)15-25-23(29)26-20-6-2-5-19(24)14-20/h2,5-12,14,18H,3-4,13,15-16H2,1H3,(H2,25,26,29)/b12-9+. The van der Waals surface area contributed by atoms with Crippen LogP contribution in [0, 0.1) is 11.7 Å². The summed E-state index contributed by atoms with van der Waals surface area (Å²) in [5, 5.41) is 5.44. The molecule has 1 aliphatic rings. The number of nitrogens with one attached hydrogen (secondary N) is 2. The molecule has 1 aliphatic heterocycles. The fraction of sp³-hybridized carbons (Fsp3) is 0.304. The molecule has 0 spiro atoms. The maximum absolute atomic E-state index is 13.2. The maximum atomic E-state index is 13.2. The number of nitrogens with zero attached hydrogens (tertiary/aromatic N) is 1. The number of carbonyl (C=O) groups excluding carboxylic acids is 2. The first kappa shape index (κ1) is 21.9. The molecule has 2 N–H and O–H groups in total. The van der Waals surface area contributed by atoms with Crippen LogP contribution in [0.25, 0.3) is 6.08 Å². The molecule has 0 aromatic heterocycles. The van der Waals surface area contributed by atoms with Crippen LogP contribution in [0.5, 0.6) is 0 Å². The molecular formula is C23H26FN3O2S. The summed E-state index contributed by atoms with van der Waals surface area (Å²) in [5.41, 5.74) is 1.40. The highest BCUT2D eigenvalue weighted by Crippen LogP contribution is 2.18. The van der Waals surface area contributed by atoms with Crippen molar-refractivity contribution in [1.29, 1.82) is 0 Å². The zero-order valence-electron chi connectivity index (χ0n) is 16.9. The summed E-state index contributed by atoms with van der Waals surface area (Å²) in [6, 6.07) is 13.4. The number of anilines is 1. The Kier molecular flexibility index (Phi) is 7.90. The number of rotatable bonds is 6. The van der Waals surface area contributed by atoms with Crippen molar-refractivity contribution in [2.24, 2.45) is 5.92 Å². The number of thioether (sulfide) groups is 1. The molecule has 1 fully saturated rings. The number of benzene rings is 2. The van der Waals surface area contributed by atoms with E-state index in [9.17, 15) is 14.0 Å². The van der Waals surface area contributed by atoms with Gasteiger partial charge in [0.25, 0.3) is 0 Å². The number of hydrogen-bond donors (Lipinski definition) is 2. The number of piperidine rings is 1. The van der Waals surface area contributed by atoms with Crippen LogP contribution in [0.2, 0.25) is 0 Å². The van der Waals surface area contributed by atoms with Crippen LogP contribution < -0.4 is 10.6 Å². The van der Waals surface area contributed by atoms with Crippen molar-refractivity contribution >= 4 is 35.5 Å². The lowest BCUT2D eigenvalue weighted by Gasteiger charge is -2.32. The van der Waals surface area contributed by atoms with Crippen molar-refractivity contribution in [1.82, 2.24) is 10.2 Å². The third kappa shape index (κ3) is 6.62. The first-order chi connectivity index (χ1) is 14.5. The molecule has 1 saturated heterocycles. The minimum atomic E-state index is -0.400. The Bertz CT molecular complexity index is 902. The molecule has 7 heteroatoms. The maximum Gasteiger partial charge on any atom is 0.319 e. The highest BCUT2D eigenvalue weighted by atomic mass is 32.2. The molecule has 158 valence electrons. The lowest BCUT2D eigenvalue weighted by Crippen LogP contribution is -2.43. The lowest BCUT2D eigenvalue weighted by molar-refractivity contribution is -0.127. The van der Waals surface area contributed by atoms with Gasteiger partial charge in [-0.15, -0.1) is 11.8 Å². The highest BCUT2D eigenvalue weighted by Gasteiger charge is 2.22. The van der Waals surface area contributed by atoms with E-state index in [1.807, 2.05) is 41.5 Å².